The van der Waals surface area contributed by atoms with Crippen LogP contribution in [0.15, 0.2) is 12.2 Å². The maximum atomic E-state index is 10.5. The molecular formula is C30H64O3Si2. The number of unbranched alkanes of at least 4 members (excludes halogenated alkanes) is 1. The molecule has 0 rings (SSSR count). The number of hydrogen-bond donors (Lipinski definition) is 1. The fourth-order valence-electron chi connectivity index (χ4n) is 4.23. The molecule has 0 spiro atoms. The topological polar surface area (TPSA) is 38.7 Å². The Morgan fingerprint density at radius 1 is 0.743 bits per heavy atom. The fraction of sp³-hybridized carbons (Fsp3) is 0.933. The Bertz CT molecular complexity index is 628. The molecule has 7 unspecified atom stereocenters. The van der Waals surface area contributed by atoms with E-state index in [1.807, 2.05) is 6.92 Å². The minimum Gasteiger partial charge on any atom is -0.413 e. The first-order valence-corrected chi connectivity index (χ1v) is 20.1. The second-order valence-electron chi connectivity index (χ2n) is 14.6. The molecule has 0 aromatic carbocycles. The van der Waals surface area contributed by atoms with Crippen LogP contribution in [-0.4, -0.2) is 40.1 Å². The first-order valence-electron chi connectivity index (χ1n) is 14.3. The summed E-state index contributed by atoms with van der Waals surface area (Å²) in [7, 11) is -3.89. The Labute approximate surface area is 223 Å². The van der Waals surface area contributed by atoms with Crippen LogP contribution in [0.1, 0.15) is 102 Å². The molecular weight excluding hydrogens is 464 g/mol. The Morgan fingerprint density at radius 3 is 1.51 bits per heavy atom. The van der Waals surface area contributed by atoms with Crippen LogP contribution < -0.4 is 0 Å². The van der Waals surface area contributed by atoms with Crippen molar-refractivity contribution < 1.29 is 14.0 Å². The van der Waals surface area contributed by atoms with Gasteiger partial charge in [-0.05, 0) is 73.8 Å². The maximum absolute atomic E-state index is 10.5. The Morgan fingerprint density at radius 2 is 1.14 bits per heavy atom. The summed E-state index contributed by atoms with van der Waals surface area (Å²) in [6.07, 6.45) is 7.87. The molecule has 0 radical (unpaired) electrons. The Hall–Kier alpha value is 0.0538. The molecule has 0 aromatic heterocycles. The van der Waals surface area contributed by atoms with Crippen LogP contribution in [0.2, 0.25) is 36.3 Å². The van der Waals surface area contributed by atoms with E-state index in [4.69, 9.17) is 8.85 Å². The Balaban J connectivity index is 6.01. The van der Waals surface area contributed by atoms with Crippen LogP contribution in [0.4, 0.5) is 0 Å². The summed E-state index contributed by atoms with van der Waals surface area (Å²) in [6.45, 7) is 36.6. The number of rotatable bonds is 14. The zero-order chi connectivity index (χ0) is 28.0. The van der Waals surface area contributed by atoms with E-state index in [9.17, 15) is 5.11 Å². The van der Waals surface area contributed by atoms with Crippen LogP contribution in [-0.2, 0) is 8.85 Å². The highest BCUT2D eigenvalue weighted by Gasteiger charge is 2.44. The van der Waals surface area contributed by atoms with Gasteiger partial charge in [0.05, 0.1) is 18.3 Å². The van der Waals surface area contributed by atoms with Gasteiger partial charge < -0.3 is 14.0 Å². The van der Waals surface area contributed by atoms with Crippen LogP contribution in [0.5, 0.6) is 0 Å². The van der Waals surface area contributed by atoms with Crippen molar-refractivity contribution in [1.29, 1.82) is 0 Å². The highest BCUT2D eigenvalue weighted by molar-refractivity contribution is 6.74. The predicted molar refractivity (Wildman–Crippen MR) is 161 cm³/mol. The van der Waals surface area contributed by atoms with E-state index in [2.05, 4.69) is 115 Å². The number of aliphatic hydroxyl groups excluding tert-OH is 1. The summed E-state index contributed by atoms with van der Waals surface area (Å²) in [6, 6.07) is 0. The molecule has 210 valence electrons. The van der Waals surface area contributed by atoms with Crippen molar-refractivity contribution in [2.24, 2.45) is 23.7 Å². The van der Waals surface area contributed by atoms with Crippen molar-refractivity contribution in [3.63, 3.8) is 0 Å². The van der Waals surface area contributed by atoms with Crippen molar-refractivity contribution in [2.45, 2.75) is 157 Å². The molecule has 1 N–H and O–H groups in total. The summed E-state index contributed by atoms with van der Waals surface area (Å²) in [4.78, 5) is 0. The first-order chi connectivity index (χ1) is 15.6. The van der Waals surface area contributed by atoms with Gasteiger partial charge in [0, 0.05) is 5.92 Å². The highest BCUT2D eigenvalue weighted by Crippen LogP contribution is 2.42. The average Bonchev–Trinajstić information content (AvgIpc) is 2.67. The lowest BCUT2D eigenvalue weighted by molar-refractivity contribution is -0.00534. The minimum atomic E-state index is -1.97. The molecule has 0 saturated heterocycles. The summed E-state index contributed by atoms with van der Waals surface area (Å²) >= 11 is 0. The van der Waals surface area contributed by atoms with Crippen molar-refractivity contribution in [3.05, 3.63) is 12.2 Å². The lowest BCUT2D eigenvalue weighted by Gasteiger charge is -2.45. The lowest BCUT2D eigenvalue weighted by Crippen LogP contribution is -2.50. The molecule has 0 amide bonds. The quantitative estimate of drug-likeness (QED) is 0.180. The SMILES string of the molecule is CCC/C=C\C(C)C(O[Si](C)(C)C(C)(C)C)C(C)CC(C)C(O[Si](C)(C)C(C)(C)C)C(C)C(C)O. The summed E-state index contributed by atoms with van der Waals surface area (Å²) in [5.74, 6) is 1.19. The molecule has 3 nitrogen and oxygen atoms in total. The smallest absolute Gasteiger partial charge is 0.192 e. The van der Waals surface area contributed by atoms with Gasteiger partial charge in [-0.3, -0.25) is 0 Å². The van der Waals surface area contributed by atoms with E-state index in [0.29, 0.717) is 17.8 Å². The third-order valence-electron chi connectivity index (χ3n) is 9.03. The van der Waals surface area contributed by atoms with E-state index in [0.717, 1.165) is 12.8 Å². The van der Waals surface area contributed by atoms with E-state index in [1.165, 1.54) is 6.42 Å². The summed E-state index contributed by atoms with van der Waals surface area (Å²) in [5.41, 5.74) is 0. The van der Waals surface area contributed by atoms with Crippen molar-refractivity contribution in [1.82, 2.24) is 0 Å². The normalized spacial score (nSPS) is 20.4. The third-order valence-corrected chi connectivity index (χ3v) is 18.0. The van der Waals surface area contributed by atoms with Gasteiger partial charge in [0.25, 0.3) is 0 Å². The number of hydrogen-bond acceptors (Lipinski definition) is 3. The monoisotopic (exact) mass is 528 g/mol. The van der Waals surface area contributed by atoms with E-state index in [1.54, 1.807) is 0 Å². The second kappa shape index (κ2) is 13.7. The fourth-order valence-corrected chi connectivity index (χ4v) is 7.20. The minimum absolute atomic E-state index is 0.0396. The standard InChI is InChI=1S/C30H64O3Si2/c1-17-18-19-20-22(2)27(32-34(13,14)29(7,8)9)23(3)21-24(4)28(25(5)26(6)31)33-35(15,16)30(10,11)12/h19-20,22-28,31H,17-18,21H2,1-16H3/b20-19-. The predicted octanol–water partition coefficient (Wildman–Crippen LogP) is 9.44. The zero-order valence-electron chi connectivity index (χ0n) is 26.6. The average molecular weight is 529 g/mol. The maximum Gasteiger partial charge on any atom is 0.192 e. The first kappa shape index (κ1) is 35.1. The molecule has 0 heterocycles. The molecule has 0 aromatic rings. The lowest BCUT2D eigenvalue weighted by atomic mass is 9.81. The molecule has 7 atom stereocenters. The van der Waals surface area contributed by atoms with E-state index in [-0.39, 0.29) is 28.2 Å². The Kier molecular flexibility index (Phi) is 13.8. The van der Waals surface area contributed by atoms with Crippen LogP contribution >= 0.6 is 0 Å². The van der Waals surface area contributed by atoms with Gasteiger partial charge >= 0.3 is 0 Å². The number of aliphatic hydroxyl groups is 1. The molecule has 0 fully saturated rings. The molecule has 0 saturated carbocycles. The van der Waals surface area contributed by atoms with Gasteiger partial charge in [-0.15, -0.1) is 0 Å². The summed E-state index contributed by atoms with van der Waals surface area (Å²) < 4.78 is 14.1. The highest BCUT2D eigenvalue weighted by atomic mass is 28.4. The van der Waals surface area contributed by atoms with Gasteiger partial charge in [-0.2, -0.15) is 0 Å². The van der Waals surface area contributed by atoms with E-state index < -0.39 is 22.7 Å². The molecule has 0 aliphatic carbocycles. The van der Waals surface area contributed by atoms with Gasteiger partial charge in [0.15, 0.2) is 16.6 Å². The second-order valence-corrected chi connectivity index (χ2v) is 24.1. The van der Waals surface area contributed by atoms with Crippen LogP contribution in [0.25, 0.3) is 0 Å². The molecule has 0 bridgehead atoms. The van der Waals surface area contributed by atoms with Crippen molar-refractivity contribution in [2.75, 3.05) is 0 Å². The van der Waals surface area contributed by atoms with Crippen molar-refractivity contribution >= 4 is 16.6 Å². The van der Waals surface area contributed by atoms with Crippen LogP contribution in [0.3, 0.4) is 0 Å². The molecule has 0 aliphatic rings. The molecule has 5 heteroatoms. The largest absolute Gasteiger partial charge is 0.413 e. The van der Waals surface area contributed by atoms with E-state index >= 15 is 0 Å². The van der Waals surface area contributed by atoms with Gasteiger partial charge in [-0.25, -0.2) is 0 Å². The third kappa shape index (κ3) is 10.7. The molecule has 0 aliphatic heterocycles. The number of allylic oxidation sites excluding steroid dienone is 1. The molecule has 35 heavy (non-hydrogen) atoms. The van der Waals surface area contributed by atoms with Crippen molar-refractivity contribution in [3.8, 4) is 0 Å². The van der Waals surface area contributed by atoms with Gasteiger partial charge in [0.2, 0.25) is 0 Å². The van der Waals surface area contributed by atoms with Gasteiger partial charge in [-0.1, -0.05) is 94.7 Å². The summed E-state index contributed by atoms with van der Waals surface area (Å²) in [5, 5.41) is 10.9. The van der Waals surface area contributed by atoms with Gasteiger partial charge in [0.1, 0.15) is 0 Å². The van der Waals surface area contributed by atoms with Crippen LogP contribution in [0, 0.1) is 23.7 Å². The zero-order valence-corrected chi connectivity index (χ0v) is 28.6.